The first-order chi connectivity index (χ1) is 16.0. The predicted molar refractivity (Wildman–Crippen MR) is 138 cm³/mol. The molecule has 0 saturated carbocycles. The second kappa shape index (κ2) is 12.4. The molecule has 0 heterocycles. The van der Waals surface area contributed by atoms with Gasteiger partial charge in [0.15, 0.2) is 0 Å². The lowest BCUT2D eigenvalue weighted by atomic mass is 10.1. The van der Waals surface area contributed by atoms with E-state index < -0.39 is 28.5 Å². The van der Waals surface area contributed by atoms with Crippen LogP contribution >= 0.6 is 23.2 Å². The summed E-state index contributed by atoms with van der Waals surface area (Å²) in [7, 11) is -3.88. The Morgan fingerprint density at radius 2 is 1.68 bits per heavy atom. The van der Waals surface area contributed by atoms with Crippen LogP contribution in [-0.4, -0.2) is 56.6 Å². The number of carbonyl (C=O) groups excluding carboxylic acids is 2. The van der Waals surface area contributed by atoms with Crippen molar-refractivity contribution in [2.24, 2.45) is 0 Å². The minimum Gasteiger partial charge on any atom is -0.352 e. The predicted octanol–water partition coefficient (Wildman–Crippen LogP) is 4.13. The fourth-order valence-corrected chi connectivity index (χ4v) is 4.62. The Labute approximate surface area is 212 Å². The summed E-state index contributed by atoms with van der Waals surface area (Å²) in [6.07, 6.45) is 2.24. The van der Waals surface area contributed by atoms with Crippen LogP contribution in [0.5, 0.6) is 0 Å². The lowest BCUT2D eigenvalue weighted by Gasteiger charge is -2.32. The number of amides is 2. The lowest BCUT2D eigenvalue weighted by Crippen LogP contribution is -2.53. The van der Waals surface area contributed by atoms with Crippen LogP contribution in [0.15, 0.2) is 48.5 Å². The van der Waals surface area contributed by atoms with E-state index in [0.29, 0.717) is 6.42 Å². The molecule has 0 saturated heterocycles. The molecule has 1 N–H and O–H groups in total. The molecule has 7 nitrogen and oxygen atoms in total. The van der Waals surface area contributed by atoms with E-state index in [1.165, 1.54) is 17.0 Å². The molecule has 0 bridgehead atoms. The third-order valence-corrected chi connectivity index (χ3v) is 7.47. The molecule has 2 rings (SSSR count). The van der Waals surface area contributed by atoms with E-state index >= 15 is 0 Å². The van der Waals surface area contributed by atoms with E-state index in [-0.39, 0.29) is 34.2 Å². The summed E-state index contributed by atoms with van der Waals surface area (Å²) in [5.41, 5.74) is 1.09. The summed E-state index contributed by atoms with van der Waals surface area (Å²) in [4.78, 5) is 27.7. The maximum absolute atomic E-state index is 13.5. The van der Waals surface area contributed by atoms with Crippen molar-refractivity contribution >= 4 is 50.7 Å². The number of benzene rings is 2. The average molecular weight is 529 g/mol. The van der Waals surface area contributed by atoms with Gasteiger partial charge in [0, 0.05) is 12.6 Å². The second-order valence-electron chi connectivity index (χ2n) is 8.16. The van der Waals surface area contributed by atoms with Crippen molar-refractivity contribution in [2.45, 2.75) is 45.7 Å². The first kappa shape index (κ1) is 28.0. The zero-order chi connectivity index (χ0) is 25.5. The van der Waals surface area contributed by atoms with Crippen LogP contribution in [-0.2, 0) is 26.0 Å². The van der Waals surface area contributed by atoms with Gasteiger partial charge in [0.25, 0.3) is 0 Å². The third kappa shape index (κ3) is 7.61. The smallest absolute Gasteiger partial charge is 0.244 e. The largest absolute Gasteiger partial charge is 0.352 e. The summed E-state index contributed by atoms with van der Waals surface area (Å²) < 4.78 is 26.1. The molecule has 0 radical (unpaired) electrons. The number of nitrogens with zero attached hydrogens (tertiary/aromatic N) is 2. The van der Waals surface area contributed by atoms with Crippen molar-refractivity contribution in [3.05, 3.63) is 64.1 Å². The maximum atomic E-state index is 13.5. The highest BCUT2D eigenvalue weighted by molar-refractivity contribution is 7.92. The van der Waals surface area contributed by atoms with Gasteiger partial charge in [0.05, 0.1) is 22.0 Å². The first-order valence-corrected chi connectivity index (χ1v) is 13.6. The Hall–Kier alpha value is -2.29. The van der Waals surface area contributed by atoms with Crippen LogP contribution < -0.4 is 9.62 Å². The number of sulfonamides is 1. The van der Waals surface area contributed by atoms with Crippen molar-refractivity contribution in [1.29, 1.82) is 0 Å². The quantitative estimate of drug-likeness (QED) is 0.475. The molecule has 0 aromatic heterocycles. The number of anilines is 1. The second-order valence-corrected chi connectivity index (χ2v) is 10.9. The Morgan fingerprint density at radius 1 is 1.03 bits per heavy atom. The lowest BCUT2D eigenvalue weighted by molar-refractivity contribution is -0.139. The zero-order valence-corrected chi connectivity index (χ0v) is 22.1. The van der Waals surface area contributed by atoms with Gasteiger partial charge in [0.1, 0.15) is 12.6 Å². The van der Waals surface area contributed by atoms with E-state index in [2.05, 4.69) is 5.32 Å². The standard InChI is InChI=1S/C24H31Cl2N3O4S/c1-5-17(2)27-24(31)18(3)28(15-14-19-10-7-6-8-11-19)22(30)16-29(34(4,32)33)21-13-9-12-20(25)23(21)26/h6-13,17-18H,5,14-16H2,1-4H3,(H,27,31)/t17-,18+/m0/s1. The molecule has 2 aromatic carbocycles. The number of hydrogen-bond donors (Lipinski definition) is 1. The van der Waals surface area contributed by atoms with E-state index in [4.69, 9.17) is 23.2 Å². The maximum Gasteiger partial charge on any atom is 0.244 e. The van der Waals surface area contributed by atoms with Crippen LogP contribution in [0.3, 0.4) is 0 Å². The normalized spacial score (nSPS) is 13.1. The molecule has 0 unspecified atom stereocenters. The van der Waals surface area contributed by atoms with Gasteiger partial charge in [0.2, 0.25) is 21.8 Å². The molecule has 2 amide bonds. The van der Waals surface area contributed by atoms with E-state index in [9.17, 15) is 18.0 Å². The minimum atomic E-state index is -3.88. The van der Waals surface area contributed by atoms with Crippen LogP contribution in [0, 0.1) is 0 Å². The summed E-state index contributed by atoms with van der Waals surface area (Å²) in [5, 5.41) is 3.09. The summed E-state index contributed by atoms with van der Waals surface area (Å²) in [6.45, 7) is 5.19. The van der Waals surface area contributed by atoms with Gasteiger partial charge >= 0.3 is 0 Å². The molecule has 0 fully saturated rings. The van der Waals surface area contributed by atoms with Crippen LogP contribution in [0.2, 0.25) is 10.0 Å². The number of halogens is 2. The number of nitrogens with one attached hydrogen (secondary N) is 1. The SMILES string of the molecule is CC[C@H](C)NC(=O)[C@@H](C)N(CCc1ccccc1)C(=O)CN(c1cccc(Cl)c1Cl)S(C)(=O)=O. The molecule has 34 heavy (non-hydrogen) atoms. The highest BCUT2D eigenvalue weighted by Crippen LogP contribution is 2.33. The number of hydrogen-bond acceptors (Lipinski definition) is 4. The van der Waals surface area contributed by atoms with Crippen LogP contribution in [0.1, 0.15) is 32.8 Å². The molecule has 10 heteroatoms. The molecule has 0 aliphatic heterocycles. The molecular formula is C24H31Cl2N3O4S. The molecule has 2 atom stereocenters. The van der Waals surface area contributed by atoms with Crippen LogP contribution in [0.25, 0.3) is 0 Å². The summed E-state index contributed by atoms with van der Waals surface area (Å²) in [5.74, 6) is -0.827. The van der Waals surface area contributed by atoms with Crippen molar-refractivity contribution in [3.8, 4) is 0 Å². The monoisotopic (exact) mass is 527 g/mol. The molecule has 186 valence electrons. The third-order valence-electron chi connectivity index (χ3n) is 5.53. The van der Waals surface area contributed by atoms with Gasteiger partial charge in [-0.25, -0.2) is 8.42 Å². The van der Waals surface area contributed by atoms with Crippen molar-refractivity contribution in [3.63, 3.8) is 0 Å². The average Bonchev–Trinajstić information content (AvgIpc) is 2.79. The Morgan fingerprint density at radius 3 is 2.26 bits per heavy atom. The topological polar surface area (TPSA) is 86.8 Å². The van der Waals surface area contributed by atoms with Gasteiger partial charge in [-0.1, -0.05) is 66.5 Å². The number of carbonyl (C=O) groups is 2. The van der Waals surface area contributed by atoms with Gasteiger partial charge in [-0.2, -0.15) is 0 Å². The van der Waals surface area contributed by atoms with Crippen LogP contribution in [0.4, 0.5) is 5.69 Å². The molecule has 0 aliphatic carbocycles. The van der Waals surface area contributed by atoms with Crippen molar-refractivity contribution in [2.75, 3.05) is 23.7 Å². The van der Waals surface area contributed by atoms with E-state index in [1.54, 1.807) is 13.0 Å². The zero-order valence-electron chi connectivity index (χ0n) is 19.8. The highest BCUT2D eigenvalue weighted by atomic mass is 35.5. The fourth-order valence-electron chi connectivity index (χ4n) is 3.32. The molecule has 0 aliphatic rings. The highest BCUT2D eigenvalue weighted by Gasteiger charge is 2.31. The van der Waals surface area contributed by atoms with Gasteiger partial charge in [-0.05, 0) is 44.4 Å². The van der Waals surface area contributed by atoms with E-state index in [0.717, 1.165) is 22.5 Å². The minimum absolute atomic E-state index is 0.0285. The molecule has 2 aromatic rings. The summed E-state index contributed by atoms with van der Waals surface area (Å²) >= 11 is 12.3. The Balaban J connectivity index is 2.35. The Kier molecular flexibility index (Phi) is 10.2. The van der Waals surface area contributed by atoms with Gasteiger partial charge in [-0.15, -0.1) is 0 Å². The first-order valence-electron chi connectivity index (χ1n) is 11.0. The van der Waals surface area contributed by atoms with Gasteiger partial charge < -0.3 is 10.2 Å². The van der Waals surface area contributed by atoms with Gasteiger partial charge in [-0.3, -0.25) is 13.9 Å². The van der Waals surface area contributed by atoms with E-state index in [1.807, 2.05) is 44.2 Å². The van der Waals surface area contributed by atoms with Crippen molar-refractivity contribution < 1.29 is 18.0 Å². The molecular weight excluding hydrogens is 497 g/mol. The van der Waals surface area contributed by atoms with Crippen molar-refractivity contribution in [1.82, 2.24) is 10.2 Å². The fraction of sp³-hybridized carbons (Fsp3) is 0.417. The Bertz CT molecular complexity index is 1100. The molecule has 0 spiro atoms. The number of rotatable bonds is 11. The summed E-state index contributed by atoms with van der Waals surface area (Å²) in [6, 6.07) is 13.3.